The third kappa shape index (κ3) is 5.47. The van der Waals surface area contributed by atoms with Gasteiger partial charge in [0.2, 0.25) is 11.8 Å². The zero-order valence-corrected chi connectivity index (χ0v) is 23.2. The molecule has 0 bridgehead atoms. The van der Waals surface area contributed by atoms with Crippen LogP contribution in [0.5, 0.6) is 17.4 Å². The van der Waals surface area contributed by atoms with Gasteiger partial charge in [-0.15, -0.1) is 0 Å². The number of aromatic nitrogens is 3. The van der Waals surface area contributed by atoms with Gasteiger partial charge in [-0.3, -0.25) is 14.3 Å². The van der Waals surface area contributed by atoms with E-state index in [0.29, 0.717) is 53.4 Å². The number of likely N-dealkylation sites (N-methyl/N-ethyl adjacent to an activating group) is 1. The van der Waals surface area contributed by atoms with Gasteiger partial charge in [-0.25, -0.2) is 14.4 Å². The van der Waals surface area contributed by atoms with Gasteiger partial charge in [-0.1, -0.05) is 24.3 Å². The van der Waals surface area contributed by atoms with E-state index < -0.39 is 0 Å². The number of carbonyl (C=O) groups is 1. The van der Waals surface area contributed by atoms with Gasteiger partial charge in [-0.05, 0) is 56.1 Å². The highest BCUT2D eigenvalue weighted by atomic mass is 19.1. The molecule has 0 radical (unpaired) electrons. The number of likely N-dealkylation sites (tertiary alicyclic amines) is 1. The molecule has 10 heteroatoms. The van der Waals surface area contributed by atoms with Crippen molar-refractivity contribution >= 4 is 22.8 Å². The van der Waals surface area contributed by atoms with E-state index in [1.165, 1.54) is 31.3 Å². The third-order valence-corrected chi connectivity index (χ3v) is 7.80. The molecule has 2 fully saturated rings. The SMILES string of the molecule is COc1c(-c2ccc(Oc3cccc(F)c3)cc2)c2c(N)ncnc2n1C1CCN(C(=O)/C=C/CN(C)C2CC2)C1. The van der Waals surface area contributed by atoms with Gasteiger partial charge in [0.15, 0.2) is 0 Å². The Bertz CT molecular complexity index is 1600. The molecular formula is C31H33FN6O3. The minimum Gasteiger partial charge on any atom is -0.482 e. The Morgan fingerprint density at radius 1 is 1.15 bits per heavy atom. The van der Waals surface area contributed by atoms with Gasteiger partial charge in [0, 0.05) is 37.8 Å². The first-order valence-corrected chi connectivity index (χ1v) is 13.8. The number of amides is 1. The van der Waals surface area contributed by atoms with Gasteiger partial charge in [0.05, 0.1) is 24.1 Å². The molecular weight excluding hydrogens is 523 g/mol. The number of fused-ring (bicyclic) bond motifs is 1. The number of carbonyl (C=O) groups excluding carboxylic acids is 1. The second kappa shape index (κ2) is 11.2. The Labute approximate surface area is 238 Å². The number of hydrogen-bond donors (Lipinski definition) is 1. The number of rotatable bonds is 9. The first-order valence-electron chi connectivity index (χ1n) is 13.8. The minimum atomic E-state index is -0.364. The molecule has 4 aromatic rings. The molecule has 1 saturated carbocycles. The number of nitrogens with two attached hydrogens (primary N) is 1. The van der Waals surface area contributed by atoms with Crippen LogP contribution in [0.25, 0.3) is 22.2 Å². The van der Waals surface area contributed by atoms with Crippen LogP contribution < -0.4 is 15.2 Å². The second-order valence-corrected chi connectivity index (χ2v) is 10.6. The van der Waals surface area contributed by atoms with Crippen molar-refractivity contribution in [1.82, 2.24) is 24.3 Å². The van der Waals surface area contributed by atoms with Crippen LogP contribution in [0.15, 0.2) is 67.0 Å². The van der Waals surface area contributed by atoms with E-state index in [2.05, 4.69) is 21.9 Å². The maximum atomic E-state index is 13.6. The predicted molar refractivity (Wildman–Crippen MR) is 155 cm³/mol. The normalized spacial score (nSPS) is 17.2. The Morgan fingerprint density at radius 3 is 2.68 bits per heavy atom. The molecule has 41 heavy (non-hydrogen) atoms. The lowest BCUT2D eigenvalue weighted by Gasteiger charge is -2.18. The highest BCUT2D eigenvalue weighted by molar-refractivity contribution is 6.04. The van der Waals surface area contributed by atoms with Crippen LogP contribution in [0.4, 0.5) is 10.2 Å². The summed E-state index contributed by atoms with van der Waals surface area (Å²) in [6.07, 6.45) is 8.32. The first kappa shape index (κ1) is 26.8. The Morgan fingerprint density at radius 2 is 1.95 bits per heavy atom. The maximum Gasteiger partial charge on any atom is 0.246 e. The van der Waals surface area contributed by atoms with Crippen LogP contribution in [0.2, 0.25) is 0 Å². The zero-order valence-electron chi connectivity index (χ0n) is 23.2. The lowest BCUT2D eigenvalue weighted by Crippen LogP contribution is -2.28. The molecule has 1 unspecified atom stereocenters. The highest BCUT2D eigenvalue weighted by Crippen LogP contribution is 2.45. The molecule has 1 amide bonds. The third-order valence-electron chi connectivity index (χ3n) is 7.80. The summed E-state index contributed by atoms with van der Waals surface area (Å²) in [5, 5.41) is 0.691. The summed E-state index contributed by atoms with van der Waals surface area (Å²) in [7, 11) is 3.72. The Balaban J connectivity index is 1.27. The van der Waals surface area contributed by atoms with Crippen molar-refractivity contribution in [2.24, 2.45) is 0 Å². The summed E-state index contributed by atoms with van der Waals surface area (Å²) in [6, 6.07) is 14.0. The summed E-state index contributed by atoms with van der Waals surface area (Å²) < 4.78 is 27.4. The fourth-order valence-electron chi connectivity index (χ4n) is 5.54. The van der Waals surface area contributed by atoms with Crippen LogP contribution in [-0.4, -0.2) is 70.1 Å². The van der Waals surface area contributed by atoms with Crippen molar-refractivity contribution in [2.75, 3.05) is 39.5 Å². The monoisotopic (exact) mass is 556 g/mol. The molecule has 2 N–H and O–H groups in total. The standard InChI is InChI=1S/C31H33FN6O3/c1-36(22-10-11-22)15-4-7-26(39)37-16-14-23(18-37)38-30-28(29(33)34-19-35-30)27(31(38)40-2)20-8-12-24(13-9-20)41-25-6-3-5-21(32)17-25/h3-9,12-13,17,19,22-23H,10-11,14-16,18H2,1-2H3,(H2,33,34,35)/b7-4+. The first-order chi connectivity index (χ1) is 19.9. The lowest BCUT2D eigenvalue weighted by molar-refractivity contribution is -0.125. The average Bonchev–Trinajstić information content (AvgIpc) is 3.61. The number of hydrogen-bond acceptors (Lipinski definition) is 7. The molecule has 212 valence electrons. The molecule has 2 aromatic carbocycles. The molecule has 1 aliphatic carbocycles. The molecule has 0 spiro atoms. The van der Waals surface area contributed by atoms with Crippen LogP contribution in [0, 0.1) is 5.82 Å². The van der Waals surface area contributed by atoms with Crippen LogP contribution >= 0.6 is 0 Å². The summed E-state index contributed by atoms with van der Waals surface area (Å²) in [5.74, 6) is 1.57. The topological polar surface area (TPSA) is 98.7 Å². The zero-order chi connectivity index (χ0) is 28.5. The van der Waals surface area contributed by atoms with Crippen LogP contribution in [0.3, 0.4) is 0 Å². The smallest absolute Gasteiger partial charge is 0.246 e. The van der Waals surface area contributed by atoms with Gasteiger partial charge < -0.3 is 20.1 Å². The molecule has 3 heterocycles. The van der Waals surface area contributed by atoms with E-state index in [1.54, 1.807) is 25.3 Å². The van der Waals surface area contributed by atoms with E-state index in [9.17, 15) is 9.18 Å². The number of halogens is 1. The predicted octanol–water partition coefficient (Wildman–Crippen LogP) is 5.04. The summed E-state index contributed by atoms with van der Waals surface area (Å²) >= 11 is 0. The maximum absolute atomic E-state index is 13.6. The largest absolute Gasteiger partial charge is 0.482 e. The second-order valence-electron chi connectivity index (χ2n) is 10.6. The highest BCUT2D eigenvalue weighted by Gasteiger charge is 2.33. The molecule has 2 aromatic heterocycles. The van der Waals surface area contributed by atoms with Crippen molar-refractivity contribution in [3.63, 3.8) is 0 Å². The molecule has 1 atom stereocenters. The number of methoxy groups -OCH3 is 1. The molecule has 1 saturated heterocycles. The number of nitrogen functional groups attached to an aromatic ring is 1. The van der Waals surface area contributed by atoms with E-state index in [4.69, 9.17) is 15.2 Å². The van der Waals surface area contributed by atoms with Crippen LogP contribution in [0.1, 0.15) is 25.3 Å². The van der Waals surface area contributed by atoms with Crippen molar-refractivity contribution in [3.8, 4) is 28.5 Å². The lowest BCUT2D eigenvalue weighted by atomic mass is 10.1. The Hall–Kier alpha value is -4.44. The van der Waals surface area contributed by atoms with E-state index in [-0.39, 0.29) is 17.8 Å². The number of benzene rings is 2. The molecule has 1 aliphatic heterocycles. The molecule has 2 aliphatic rings. The van der Waals surface area contributed by atoms with E-state index in [0.717, 1.165) is 24.1 Å². The average molecular weight is 557 g/mol. The van der Waals surface area contributed by atoms with Crippen molar-refractivity contribution in [2.45, 2.75) is 31.3 Å². The van der Waals surface area contributed by atoms with E-state index >= 15 is 0 Å². The fourth-order valence-corrected chi connectivity index (χ4v) is 5.54. The van der Waals surface area contributed by atoms with Crippen molar-refractivity contribution < 1.29 is 18.7 Å². The van der Waals surface area contributed by atoms with Gasteiger partial charge in [0.1, 0.15) is 35.1 Å². The quantitative estimate of drug-likeness (QED) is 0.288. The van der Waals surface area contributed by atoms with Crippen molar-refractivity contribution in [3.05, 3.63) is 72.8 Å². The summed E-state index contributed by atoms with van der Waals surface area (Å²) in [6.45, 7) is 1.94. The Kier molecular flexibility index (Phi) is 7.32. The van der Waals surface area contributed by atoms with Crippen molar-refractivity contribution in [1.29, 1.82) is 0 Å². The number of nitrogens with zero attached hydrogens (tertiary/aromatic N) is 5. The number of ether oxygens (including phenoxy) is 2. The van der Waals surface area contributed by atoms with E-state index in [1.807, 2.05) is 39.8 Å². The minimum absolute atomic E-state index is 0.00961. The summed E-state index contributed by atoms with van der Waals surface area (Å²) in [5.41, 5.74) is 8.67. The molecule has 9 nitrogen and oxygen atoms in total. The molecule has 6 rings (SSSR count). The fraction of sp³-hybridized carbons (Fsp3) is 0.323. The number of anilines is 1. The van der Waals surface area contributed by atoms with Gasteiger partial charge in [0.25, 0.3) is 0 Å². The van der Waals surface area contributed by atoms with Gasteiger partial charge in [-0.2, -0.15) is 0 Å². The van der Waals surface area contributed by atoms with Gasteiger partial charge >= 0.3 is 0 Å². The van der Waals surface area contributed by atoms with Crippen LogP contribution in [-0.2, 0) is 4.79 Å². The summed E-state index contributed by atoms with van der Waals surface area (Å²) in [4.78, 5) is 26.0.